The summed E-state index contributed by atoms with van der Waals surface area (Å²) in [6.45, 7) is 4.88. The van der Waals surface area contributed by atoms with Crippen molar-refractivity contribution in [1.29, 1.82) is 0 Å². The van der Waals surface area contributed by atoms with E-state index in [-0.39, 0.29) is 6.04 Å². The third kappa shape index (κ3) is 1.87. The zero-order chi connectivity index (χ0) is 11.5. The fourth-order valence-electron chi connectivity index (χ4n) is 1.71. The Morgan fingerprint density at radius 2 is 2.44 bits per heavy atom. The highest BCUT2D eigenvalue weighted by Crippen LogP contribution is 2.24. The summed E-state index contributed by atoms with van der Waals surface area (Å²) in [7, 11) is 0. The average Bonchev–Trinajstić information content (AvgIpc) is 2.90. The van der Waals surface area contributed by atoms with Crippen LogP contribution < -0.4 is 11.3 Å². The molecule has 0 amide bonds. The summed E-state index contributed by atoms with van der Waals surface area (Å²) in [5, 5.41) is 4.22. The van der Waals surface area contributed by atoms with E-state index in [1.807, 2.05) is 30.8 Å². The van der Waals surface area contributed by atoms with Crippen LogP contribution in [0.1, 0.15) is 29.9 Å². The van der Waals surface area contributed by atoms with Gasteiger partial charge in [0.05, 0.1) is 12.5 Å². The number of rotatable bonds is 4. The van der Waals surface area contributed by atoms with Crippen molar-refractivity contribution in [2.75, 3.05) is 0 Å². The molecule has 0 bridgehead atoms. The van der Waals surface area contributed by atoms with Crippen LogP contribution in [0.3, 0.4) is 0 Å². The number of nitrogens with one attached hydrogen (secondary N) is 1. The molecule has 3 N–H and O–H groups in total. The zero-order valence-electron chi connectivity index (χ0n) is 9.47. The second-order valence-electron chi connectivity index (χ2n) is 3.70. The van der Waals surface area contributed by atoms with E-state index in [0.29, 0.717) is 0 Å². The number of hydrazine groups is 1. The lowest BCUT2D eigenvalue weighted by Crippen LogP contribution is -2.28. The van der Waals surface area contributed by atoms with Crippen molar-refractivity contribution in [2.45, 2.75) is 26.4 Å². The SMILES string of the molecule is CCn1cc(C(NN)c2occc2C)cn1. The lowest BCUT2D eigenvalue weighted by molar-refractivity contribution is 0.449. The van der Waals surface area contributed by atoms with Gasteiger partial charge in [0.15, 0.2) is 0 Å². The molecule has 5 heteroatoms. The minimum absolute atomic E-state index is 0.143. The molecule has 16 heavy (non-hydrogen) atoms. The molecular formula is C11H16N4O. The van der Waals surface area contributed by atoms with Gasteiger partial charge in [-0.3, -0.25) is 10.5 Å². The molecule has 1 atom stereocenters. The van der Waals surface area contributed by atoms with E-state index >= 15 is 0 Å². The summed E-state index contributed by atoms with van der Waals surface area (Å²) in [6, 6.07) is 1.78. The van der Waals surface area contributed by atoms with Gasteiger partial charge in [-0.15, -0.1) is 0 Å². The predicted octanol–water partition coefficient (Wildman–Crippen LogP) is 1.36. The molecule has 0 aliphatic rings. The maximum absolute atomic E-state index is 5.57. The number of aryl methyl sites for hydroxylation is 2. The van der Waals surface area contributed by atoms with Gasteiger partial charge < -0.3 is 4.42 Å². The molecule has 0 spiro atoms. The maximum Gasteiger partial charge on any atom is 0.129 e. The van der Waals surface area contributed by atoms with E-state index in [2.05, 4.69) is 10.5 Å². The van der Waals surface area contributed by atoms with Crippen LogP contribution >= 0.6 is 0 Å². The van der Waals surface area contributed by atoms with E-state index in [4.69, 9.17) is 10.3 Å². The zero-order valence-corrected chi connectivity index (χ0v) is 9.47. The summed E-state index contributed by atoms with van der Waals surface area (Å²) in [4.78, 5) is 0. The number of furan rings is 1. The van der Waals surface area contributed by atoms with Gasteiger partial charge in [-0.05, 0) is 25.5 Å². The Kier molecular flexibility index (Phi) is 3.07. The Morgan fingerprint density at radius 1 is 1.62 bits per heavy atom. The molecule has 0 saturated carbocycles. The standard InChI is InChI=1S/C11H16N4O/c1-3-15-7-9(6-13-15)10(14-12)11-8(2)4-5-16-11/h4-7,10,14H,3,12H2,1-2H3. The number of aromatic nitrogens is 2. The van der Waals surface area contributed by atoms with Crippen molar-refractivity contribution in [3.8, 4) is 0 Å². The van der Waals surface area contributed by atoms with Crippen LogP contribution in [0, 0.1) is 6.92 Å². The molecule has 0 aliphatic heterocycles. The molecule has 0 saturated heterocycles. The summed E-state index contributed by atoms with van der Waals surface area (Å²) < 4.78 is 7.29. The van der Waals surface area contributed by atoms with Gasteiger partial charge in [0, 0.05) is 18.3 Å². The van der Waals surface area contributed by atoms with Crippen molar-refractivity contribution < 1.29 is 4.42 Å². The number of nitrogens with two attached hydrogens (primary N) is 1. The largest absolute Gasteiger partial charge is 0.467 e. The monoisotopic (exact) mass is 220 g/mol. The molecule has 2 aromatic heterocycles. The average molecular weight is 220 g/mol. The number of hydrogen-bond acceptors (Lipinski definition) is 4. The highest BCUT2D eigenvalue weighted by atomic mass is 16.3. The first-order chi connectivity index (χ1) is 7.76. The fourth-order valence-corrected chi connectivity index (χ4v) is 1.71. The smallest absolute Gasteiger partial charge is 0.129 e. The second-order valence-corrected chi connectivity index (χ2v) is 3.70. The molecule has 5 nitrogen and oxygen atoms in total. The summed E-state index contributed by atoms with van der Waals surface area (Å²) in [6.07, 6.45) is 5.43. The molecule has 2 heterocycles. The Morgan fingerprint density at radius 3 is 2.94 bits per heavy atom. The number of nitrogens with zero attached hydrogens (tertiary/aromatic N) is 2. The molecule has 86 valence electrons. The van der Waals surface area contributed by atoms with Crippen molar-refractivity contribution >= 4 is 0 Å². The van der Waals surface area contributed by atoms with E-state index in [0.717, 1.165) is 23.4 Å². The van der Waals surface area contributed by atoms with Crippen molar-refractivity contribution in [3.05, 3.63) is 41.6 Å². The first-order valence-electron chi connectivity index (χ1n) is 5.28. The lowest BCUT2D eigenvalue weighted by atomic mass is 10.1. The molecule has 2 rings (SSSR count). The van der Waals surface area contributed by atoms with Gasteiger partial charge in [-0.1, -0.05) is 0 Å². The third-order valence-corrected chi connectivity index (χ3v) is 2.64. The van der Waals surface area contributed by atoms with Crippen molar-refractivity contribution in [2.24, 2.45) is 5.84 Å². The van der Waals surface area contributed by atoms with Crippen LogP contribution in [0.4, 0.5) is 0 Å². The van der Waals surface area contributed by atoms with E-state index in [1.54, 1.807) is 12.5 Å². The minimum atomic E-state index is -0.143. The Bertz CT molecular complexity index is 460. The van der Waals surface area contributed by atoms with Gasteiger partial charge in [0.25, 0.3) is 0 Å². The summed E-state index contributed by atoms with van der Waals surface area (Å²) in [5.41, 5.74) is 4.83. The van der Waals surface area contributed by atoms with E-state index < -0.39 is 0 Å². The summed E-state index contributed by atoms with van der Waals surface area (Å²) in [5.74, 6) is 6.40. The van der Waals surface area contributed by atoms with E-state index in [9.17, 15) is 0 Å². The Labute approximate surface area is 94.2 Å². The Balaban J connectivity index is 2.32. The molecule has 0 aromatic carbocycles. The van der Waals surface area contributed by atoms with Crippen LogP contribution in [0.15, 0.2) is 29.1 Å². The molecule has 0 fully saturated rings. The van der Waals surface area contributed by atoms with Crippen LogP contribution in [0.2, 0.25) is 0 Å². The van der Waals surface area contributed by atoms with E-state index in [1.165, 1.54) is 0 Å². The van der Waals surface area contributed by atoms with Crippen molar-refractivity contribution in [1.82, 2.24) is 15.2 Å². The second kappa shape index (κ2) is 4.51. The topological polar surface area (TPSA) is 69.0 Å². The van der Waals surface area contributed by atoms with Crippen LogP contribution in [-0.4, -0.2) is 9.78 Å². The number of hydrogen-bond donors (Lipinski definition) is 2. The highest BCUT2D eigenvalue weighted by Gasteiger charge is 2.19. The van der Waals surface area contributed by atoms with Crippen molar-refractivity contribution in [3.63, 3.8) is 0 Å². The minimum Gasteiger partial charge on any atom is -0.467 e. The molecule has 1 unspecified atom stereocenters. The first-order valence-corrected chi connectivity index (χ1v) is 5.28. The van der Waals surface area contributed by atoms with Crippen LogP contribution in [0.25, 0.3) is 0 Å². The van der Waals surface area contributed by atoms with Gasteiger partial charge in [-0.25, -0.2) is 5.43 Å². The van der Waals surface area contributed by atoms with Crippen LogP contribution in [-0.2, 0) is 6.54 Å². The Hall–Kier alpha value is -1.59. The summed E-state index contributed by atoms with van der Waals surface area (Å²) >= 11 is 0. The predicted molar refractivity (Wildman–Crippen MR) is 60.5 cm³/mol. The third-order valence-electron chi connectivity index (χ3n) is 2.64. The normalized spacial score (nSPS) is 12.9. The maximum atomic E-state index is 5.57. The molecular weight excluding hydrogens is 204 g/mol. The molecule has 0 aliphatic carbocycles. The molecule has 0 radical (unpaired) electrons. The van der Waals surface area contributed by atoms with Gasteiger partial charge in [0.1, 0.15) is 11.8 Å². The fraction of sp³-hybridized carbons (Fsp3) is 0.364. The quantitative estimate of drug-likeness (QED) is 0.603. The van der Waals surface area contributed by atoms with Gasteiger partial charge >= 0.3 is 0 Å². The first kappa shape index (κ1) is 10.9. The molecule has 2 aromatic rings. The van der Waals surface area contributed by atoms with Gasteiger partial charge in [0.2, 0.25) is 0 Å². The van der Waals surface area contributed by atoms with Crippen LogP contribution in [0.5, 0.6) is 0 Å². The highest BCUT2D eigenvalue weighted by molar-refractivity contribution is 5.27. The van der Waals surface area contributed by atoms with Gasteiger partial charge in [-0.2, -0.15) is 5.10 Å². The lowest BCUT2D eigenvalue weighted by Gasteiger charge is -2.12.